The van der Waals surface area contributed by atoms with Crippen LogP contribution in [-0.4, -0.2) is 54.5 Å². The summed E-state index contributed by atoms with van der Waals surface area (Å²) in [7, 11) is 2.50. The number of thiophene rings is 1. The van der Waals surface area contributed by atoms with Gasteiger partial charge in [-0.25, -0.2) is 9.59 Å². The van der Waals surface area contributed by atoms with Crippen LogP contribution in [0.2, 0.25) is 0 Å². The number of nitrogens with zero attached hydrogens (tertiary/aromatic N) is 1. The van der Waals surface area contributed by atoms with E-state index >= 15 is 0 Å². The van der Waals surface area contributed by atoms with E-state index in [0.29, 0.717) is 5.56 Å². The quantitative estimate of drug-likeness (QED) is 0.774. The Balaban J connectivity index is 2.16. The highest BCUT2D eigenvalue weighted by atomic mass is 32.2. The molecule has 0 saturated carbocycles. The van der Waals surface area contributed by atoms with Crippen LogP contribution in [0.25, 0.3) is 0 Å². The molecule has 1 aromatic heterocycles. The molecule has 24 heavy (non-hydrogen) atoms. The zero-order valence-electron chi connectivity index (χ0n) is 13.3. The van der Waals surface area contributed by atoms with Crippen LogP contribution in [0.1, 0.15) is 25.6 Å². The molecule has 2 heterocycles. The molecule has 1 N–H and O–H groups in total. The van der Waals surface area contributed by atoms with Gasteiger partial charge in [-0.15, -0.1) is 11.3 Å². The van der Waals surface area contributed by atoms with Crippen molar-refractivity contribution in [2.24, 2.45) is 4.99 Å². The fraction of sp³-hybridized carbons (Fsp3) is 0.429. The monoisotopic (exact) mass is 388 g/mol. The van der Waals surface area contributed by atoms with Crippen molar-refractivity contribution in [3.63, 3.8) is 0 Å². The molecule has 0 radical (unpaired) electrons. The number of methoxy groups -OCH3 is 2. The number of thioether (sulfide) groups is 2. The molecule has 10 heteroatoms. The third kappa shape index (κ3) is 4.31. The second-order valence-corrected chi connectivity index (χ2v) is 7.90. The van der Waals surface area contributed by atoms with Gasteiger partial charge in [0, 0.05) is 5.75 Å². The van der Waals surface area contributed by atoms with Gasteiger partial charge < -0.3 is 14.8 Å². The summed E-state index contributed by atoms with van der Waals surface area (Å²) < 4.78 is 10.3. The summed E-state index contributed by atoms with van der Waals surface area (Å²) in [5, 5.41) is 2.96. The molecule has 1 aliphatic heterocycles. The smallest absolute Gasteiger partial charge is 0.348 e. The maximum Gasteiger partial charge on any atom is 0.348 e. The maximum absolute atomic E-state index is 12.1. The fourth-order valence-corrected chi connectivity index (χ4v) is 4.87. The molecule has 0 saturated heterocycles. The van der Waals surface area contributed by atoms with Crippen LogP contribution in [0.4, 0.5) is 5.00 Å². The van der Waals surface area contributed by atoms with Crippen molar-refractivity contribution in [3.8, 4) is 0 Å². The first-order valence-electron chi connectivity index (χ1n) is 6.87. The second-order valence-electron chi connectivity index (χ2n) is 4.58. The first-order valence-corrected chi connectivity index (χ1v) is 9.66. The van der Waals surface area contributed by atoms with Crippen molar-refractivity contribution in [3.05, 3.63) is 16.0 Å². The summed E-state index contributed by atoms with van der Waals surface area (Å²) in [5.74, 6) is -0.343. The van der Waals surface area contributed by atoms with Crippen LogP contribution in [0.5, 0.6) is 0 Å². The second kappa shape index (κ2) is 8.54. The predicted octanol–water partition coefficient (Wildman–Crippen LogP) is 2.40. The Morgan fingerprint density at radius 2 is 1.96 bits per heavy atom. The lowest BCUT2D eigenvalue weighted by Crippen LogP contribution is -2.16. The molecule has 130 valence electrons. The first kappa shape index (κ1) is 18.8. The maximum atomic E-state index is 12.1. The van der Waals surface area contributed by atoms with E-state index in [2.05, 4.69) is 10.3 Å². The van der Waals surface area contributed by atoms with Gasteiger partial charge in [0.25, 0.3) is 0 Å². The van der Waals surface area contributed by atoms with E-state index in [1.807, 2.05) is 0 Å². The normalized spacial score (nSPS) is 13.4. The molecule has 7 nitrogen and oxygen atoms in total. The number of anilines is 1. The molecule has 0 fully saturated rings. The molecule has 0 unspecified atom stereocenters. The van der Waals surface area contributed by atoms with Crippen molar-refractivity contribution in [2.75, 3.05) is 37.6 Å². The molecular weight excluding hydrogens is 372 g/mol. The standard InChI is InChI=1S/C14H16N2O5S3/c1-7-9(12(18)20-2)11(24-10(7)13(19)21-3)16-8(17)6-23-14-15-4-5-22-14/h4-6H2,1-3H3,(H,16,17). The number of esters is 2. The van der Waals surface area contributed by atoms with Crippen LogP contribution in [-0.2, 0) is 14.3 Å². The Kier molecular flexibility index (Phi) is 6.69. The molecule has 0 atom stereocenters. The fourth-order valence-electron chi connectivity index (χ4n) is 1.93. The van der Waals surface area contributed by atoms with Gasteiger partial charge in [0.1, 0.15) is 14.3 Å². The molecule has 0 bridgehead atoms. The summed E-state index contributed by atoms with van der Waals surface area (Å²) in [6.45, 7) is 2.39. The van der Waals surface area contributed by atoms with Crippen LogP contribution in [0.3, 0.4) is 0 Å². The number of aliphatic imine (C=N–C) groups is 1. The zero-order chi connectivity index (χ0) is 17.7. The predicted molar refractivity (Wildman–Crippen MR) is 97.6 cm³/mol. The average Bonchev–Trinajstić information content (AvgIpc) is 3.20. The van der Waals surface area contributed by atoms with Gasteiger partial charge >= 0.3 is 11.9 Å². The van der Waals surface area contributed by atoms with Crippen molar-refractivity contribution >= 4 is 62.1 Å². The van der Waals surface area contributed by atoms with Crippen LogP contribution in [0, 0.1) is 6.92 Å². The molecule has 2 rings (SSSR count). The molecule has 1 aliphatic rings. The lowest BCUT2D eigenvalue weighted by molar-refractivity contribution is -0.113. The Labute approximate surface area is 151 Å². The van der Waals surface area contributed by atoms with E-state index < -0.39 is 11.9 Å². The Hall–Kier alpha value is -1.52. The van der Waals surface area contributed by atoms with Crippen molar-refractivity contribution in [1.82, 2.24) is 0 Å². The summed E-state index contributed by atoms with van der Waals surface area (Å²) in [6, 6.07) is 0. The largest absolute Gasteiger partial charge is 0.465 e. The SMILES string of the molecule is COC(=O)c1sc(NC(=O)CSC2=NCCS2)c(C(=O)OC)c1C. The number of carbonyl (C=O) groups excluding carboxylic acids is 3. The molecule has 1 amide bonds. The van der Waals surface area contributed by atoms with Crippen molar-refractivity contribution in [1.29, 1.82) is 0 Å². The topological polar surface area (TPSA) is 94.1 Å². The molecular formula is C14H16N2O5S3. The Morgan fingerprint density at radius 1 is 1.25 bits per heavy atom. The summed E-state index contributed by atoms with van der Waals surface area (Å²) in [6.07, 6.45) is 0. The van der Waals surface area contributed by atoms with Gasteiger partial charge in [-0.05, 0) is 12.5 Å². The minimum absolute atomic E-state index is 0.175. The summed E-state index contributed by atoms with van der Waals surface area (Å²) in [4.78, 5) is 40.4. The highest BCUT2D eigenvalue weighted by molar-refractivity contribution is 8.39. The van der Waals surface area contributed by atoms with Gasteiger partial charge in [-0.3, -0.25) is 9.79 Å². The number of carbonyl (C=O) groups is 3. The molecule has 1 aromatic rings. The molecule has 0 aliphatic carbocycles. The van der Waals surface area contributed by atoms with E-state index in [-0.39, 0.29) is 27.1 Å². The number of hydrogen-bond donors (Lipinski definition) is 1. The van der Waals surface area contributed by atoms with E-state index in [1.165, 1.54) is 26.0 Å². The van der Waals surface area contributed by atoms with E-state index in [4.69, 9.17) is 9.47 Å². The van der Waals surface area contributed by atoms with Crippen molar-refractivity contribution < 1.29 is 23.9 Å². The van der Waals surface area contributed by atoms with Gasteiger partial charge in [0.15, 0.2) is 0 Å². The van der Waals surface area contributed by atoms with Gasteiger partial charge in [0.2, 0.25) is 5.91 Å². The number of hydrogen-bond acceptors (Lipinski definition) is 9. The number of ether oxygens (including phenoxy) is 2. The molecule has 0 spiro atoms. The molecule has 0 aromatic carbocycles. The summed E-state index contributed by atoms with van der Waals surface area (Å²) in [5.41, 5.74) is 0.603. The van der Waals surface area contributed by atoms with E-state index in [0.717, 1.165) is 28.0 Å². The number of rotatable bonds is 5. The van der Waals surface area contributed by atoms with Crippen molar-refractivity contribution in [2.45, 2.75) is 6.92 Å². The number of amides is 1. The van der Waals surface area contributed by atoms with Crippen LogP contribution in [0.15, 0.2) is 4.99 Å². The van der Waals surface area contributed by atoms with Gasteiger partial charge in [0.05, 0.1) is 32.1 Å². The third-order valence-electron chi connectivity index (χ3n) is 3.04. The lowest BCUT2D eigenvalue weighted by atomic mass is 10.1. The first-order chi connectivity index (χ1) is 11.5. The van der Waals surface area contributed by atoms with E-state index in [1.54, 1.807) is 18.7 Å². The van der Waals surface area contributed by atoms with Crippen LogP contribution < -0.4 is 5.32 Å². The third-order valence-corrected chi connectivity index (χ3v) is 6.48. The Bertz CT molecular complexity index is 699. The summed E-state index contributed by atoms with van der Waals surface area (Å²) >= 11 is 3.96. The zero-order valence-corrected chi connectivity index (χ0v) is 15.8. The minimum atomic E-state index is -0.613. The average molecular weight is 388 g/mol. The highest BCUT2D eigenvalue weighted by Crippen LogP contribution is 2.34. The minimum Gasteiger partial charge on any atom is -0.465 e. The number of nitrogens with one attached hydrogen (secondary N) is 1. The van der Waals surface area contributed by atoms with Crippen LogP contribution >= 0.6 is 34.9 Å². The van der Waals surface area contributed by atoms with Gasteiger partial charge in [-0.2, -0.15) is 0 Å². The lowest BCUT2D eigenvalue weighted by Gasteiger charge is -2.05. The van der Waals surface area contributed by atoms with Gasteiger partial charge in [-0.1, -0.05) is 23.5 Å². The highest BCUT2D eigenvalue weighted by Gasteiger charge is 2.26. The van der Waals surface area contributed by atoms with E-state index in [9.17, 15) is 14.4 Å². The Morgan fingerprint density at radius 3 is 2.54 bits per heavy atom.